The number of rotatable bonds is 6. The lowest BCUT2D eigenvalue weighted by molar-refractivity contribution is -0.116. The Labute approximate surface area is 183 Å². The van der Waals surface area contributed by atoms with Crippen LogP contribution >= 0.6 is 11.6 Å². The topological polar surface area (TPSA) is 46.2 Å². The third-order valence-electron chi connectivity index (χ3n) is 4.98. The fourth-order valence-corrected chi connectivity index (χ4v) is 3.28. The summed E-state index contributed by atoms with van der Waals surface area (Å²) >= 11 is 5.89. The predicted molar refractivity (Wildman–Crippen MR) is 123 cm³/mol. The lowest BCUT2D eigenvalue weighted by atomic mass is 9.86. The van der Waals surface area contributed by atoms with Gasteiger partial charge in [-0.25, -0.2) is 0 Å². The van der Waals surface area contributed by atoms with E-state index in [-0.39, 0.29) is 17.1 Å². The fraction of sp³-hybridized carbons (Fsp3) is 0.231. The lowest BCUT2D eigenvalue weighted by Gasteiger charge is -2.19. The second-order valence-corrected chi connectivity index (χ2v) is 8.85. The summed E-state index contributed by atoms with van der Waals surface area (Å²) in [6, 6.07) is 22.2. The summed E-state index contributed by atoms with van der Waals surface area (Å²) in [5, 5.41) is 3.56. The minimum absolute atomic E-state index is 0.0395. The number of nitrogens with one attached hydrogen (secondary N) is 1. The SMILES string of the molecule is CC(C)(C)c1ccc(C(=O)c2cccc(NC(=O)CCc3ccc(Cl)cc3)c2)cc1. The van der Waals surface area contributed by atoms with Crippen molar-refractivity contribution in [2.75, 3.05) is 5.32 Å². The molecule has 3 aromatic rings. The average molecular weight is 420 g/mol. The summed E-state index contributed by atoms with van der Waals surface area (Å²) in [4.78, 5) is 25.2. The molecular formula is C26H26ClNO2. The maximum atomic E-state index is 12.9. The molecule has 4 heteroatoms. The Balaban J connectivity index is 1.64. The van der Waals surface area contributed by atoms with Gasteiger partial charge in [0.2, 0.25) is 5.91 Å². The highest BCUT2D eigenvalue weighted by molar-refractivity contribution is 6.30. The van der Waals surface area contributed by atoms with Crippen molar-refractivity contribution in [1.29, 1.82) is 0 Å². The molecule has 0 aliphatic carbocycles. The van der Waals surface area contributed by atoms with Gasteiger partial charge < -0.3 is 5.32 Å². The van der Waals surface area contributed by atoms with E-state index in [0.717, 1.165) is 5.56 Å². The Morgan fingerprint density at radius 1 is 0.867 bits per heavy atom. The zero-order chi connectivity index (χ0) is 21.7. The molecule has 0 saturated carbocycles. The van der Waals surface area contributed by atoms with Crippen LogP contribution in [0.2, 0.25) is 5.02 Å². The predicted octanol–water partition coefficient (Wildman–Crippen LogP) is 6.44. The molecule has 0 saturated heterocycles. The van der Waals surface area contributed by atoms with Gasteiger partial charge in [-0.15, -0.1) is 0 Å². The normalized spacial score (nSPS) is 11.2. The van der Waals surface area contributed by atoms with Gasteiger partial charge in [-0.2, -0.15) is 0 Å². The van der Waals surface area contributed by atoms with Crippen LogP contribution < -0.4 is 5.32 Å². The number of halogens is 1. The summed E-state index contributed by atoms with van der Waals surface area (Å²) in [7, 11) is 0. The number of benzene rings is 3. The molecule has 3 rings (SSSR count). The zero-order valence-corrected chi connectivity index (χ0v) is 18.3. The number of carbonyl (C=O) groups excluding carboxylic acids is 2. The Morgan fingerprint density at radius 2 is 1.53 bits per heavy atom. The maximum absolute atomic E-state index is 12.9. The fourth-order valence-electron chi connectivity index (χ4n) is 3.16. The number of ketones is 1. The third-order valence-corrected chi connectivity index (χ3v) is 5.23. The number of carbonyl (C=O) groups is 2. The molecule has 3 aromatic carbocycles. The Hall–Kier alpha value is -2.91. The summed E-state index contributed by atoms with van der Waals surface area (Å²) in [6.45, 7) is 6.43. The summed E-state index contributed by atoms with van der Waals surface area (Å²) in [6.07, 6.45) is 0.982. The van der Waals surface area contributed by atoms with Crippen molar-refractivity contribution in [3.8, 4) is 0 Å². The van der Waals surface area contributed by atoms with Crippen LogP contribution in [0.3, 0.4) is 0 Å². The maximum Gasteiger partial charge on any atom is 0.224 e. The monoisotopic (exact) mass is 419 g/mol. The molecule has 0 aliphatic rings. The molecule has 0 aliphatic heterocycles. The van der Waals surface area contributed by atoms with Gasteiger partial charge in [0.15, 0.2) is 5.78 Å². The van der Waals surface area contributed by atoms with Crippen LogP contribution in [-0.4, -0.2) is 11.7 Å². The Kier molecular flexibility index (Phi) is 6.73. The molecule has 0 radical (unpaired) electrons. The van der Waals surface area contributed by atoms with E-state index in [2.05, 4.69) is 26.1 Å². The van der Waals surface area contributed by atoms with Crippen LogP contribution in [0.5, 0.6) is 0 Å². The van der Waals surface area contributed by atoms with Crippen molar-refractivity contribution in [3.05, 3.63) is 100 Å². The molecule has 0 spiro atoms. The summed E-state index contributed by atoms with van der Waals surface area (Å²) in [5.41, 5.74) is 4.08. The minimum atomic E-state index is -0.0934. The zero-order valence-electron chi connectivity index (χ0n) is 17.5. The largest absolute Gasteiger partial charge is 0.326 e. The van der Waals surface area contributed by atoms with E-state index in [0.29, 0.717) is 34.7 Å². The summed E-state index contributed by atoms with van der Waals surface area (Å²) in [5.74, 6) is -0.156. The highest BCUT2D eigenvalue weighted by atomic mass is 35.5. The molecule has 0 fully saturated rings. The quantitative estimate of drug-likeness (QED) is 0.467. The molecule has 3 nitrogen and oxygen atoms in total. The van der Waals surface area contributed by atoms with Gasteiger partial charge in [0.25, 0.3) is 0 Å². The standard InChI is InChI=1S/C26H26ClNO2/c1-26(2,3)21-12-10-19(11-13-21)25(30)20-5-4-6-23(17-20)28-24(29)16-9-18-7-14-22(27)15-8-18/h4-8,10-15,17H,9,16H2,1-3H3,(H,28,29). The van der Waals surface area contributed by atoms with E-state index < -0.39 is 0 Å². The van der Waals surface area contributed by atoms with Crippen LogP contribution in [0.4, 0.5) is 5.69 Å². The molecule has 0 heterocycles. The first-order valence-corrected chi connectivity index (χ1v) is 10.4. The number of anilines is 1. The molecule has 30 heavy (non-hydrogen) atoms. The molecule has 1 amide bonds. The van der Waals surface area contributed by atoms with E-state index >= 15 is 0 Å². The highest BCUT2D eigenvalue weighted by Gasteiger charge is 2.15. The second-order valence-electron chi connectivity index (χ2n) is 8.41. The van der Waals surface area contributed by atoms with E-state index in [1.54, 1.807) is 24.3 Å². The van der Waals surface area contributed by atoms with Gasteiger partial charge in [0.1, 0.15) is 0 Å². The Bertz CT molecular complexity index is 1030. The molecule has 0 aromatic heterocycles. The average Bonchev–Trinajstić information content (AvgIpc) is 2.72. The van der Waals surface area contributed by atoms with Crippen molar-refractivity contribution in [1.82, 2.24) is 0 Å². The van der Waals surface area contributed by atoms with Crippen LogP contribution in [0.25, 0.3) is 0 Å². The number of aryl methyl sites for hydroxylation is 1. The van der Waals surface area contributed by atoms with Crippen LogP contribution in [0.15, 0.2) is 72.8 Å². The second kappa shape index (κ2) is 9.27. The lowest BCUT2D eigenvalue weighted by Crippen LogP contribution is -2.13. The van der Waals surface area contributed by atoms with Crippen LogP contribution in [0, 0.1) is 0 Å². The van der Waals surface area contributed by atoms with Gasteiger partial charge in [-0.05, 0) is 47.2 Å². The molecular weight excluding hydrogens is 394 g/mol. The highest BCUT2D eigenvalue weighted by Crippen LogP contribution is 2.23. The van der Waals surface area contributed by atoms with Crippen molar-refractivity contribution in [3.63, 3.8) is 0 Å². The molecule has 154 valence electrons. The van der Waals surface area contributed by atoms with E-state index in [9.17, 15) is 9.59 Å². The smallest absolute Gasteiger partial charge is 0.224 e. The first kappa shape index (κ1) is 21.8. The summed E-state index contributed by atoms with van der Waals surface area (Å²) < 4.78 is 0. The van der Waals surface area contributed by atoms with Gasteiger partial charge in [0.05, 0.1) is 0 Å². The Morgan fingerprint density at radius 3 is 2.17 bits per heavy atom. The first-order valence-electron chi connectivity index (χ1n) is 10.0. The molecule has 0 bridgehead atoms. The number of amides is 1. The minimum Gasteiger partial charge on any atom is -0.326 e. The van der Waals surface area contributed by atoms with Gasteiger partial charge in [-0.3, -0.25) is 9.59 Å². The first-order chi connectivity index (χ1) is 14.2. The van der Waals surface area contributed by atoms with Gasteiger partial charge in [0, 0.05) is 28.3 Å². The van der Waals surface area contributed by atoms with E-state index in [4.69, 9.17) is 11.6 Å². The molecule has 0 unspecified atom stereocenters. The van der Waals surface area contributed by atoms with Crippen molar-refractivity contribution < 1.29 is 9.59 Å². The van der Waals surface area contributed by atoms with E-state index in [1.165, 1.54) is 5.56 Å². The number of hydrogen-bond donors (Lipinski definition) is 1. The molecule has 1 N–H and O–H groups in total. The van der Waals surface area contributed by atoms with Gasteiger partial charge >= 0.3 is 0 Å². The van der Waals surface area contributed by atoms with Crippen molar-refractivity contribution in [2.24, 2.45) is 0 Å². The number of hydrogen-bond acceptors (Lipinski definition) is 2. The van der Waals surface area contributed by atoms with Gasteiger partial charge in [-0.1, -0.05) is 80.9 Å². The van der Waals surface area contributed by atoms with Crippen LogP contribution in [-0.2, 0) is 16.6 Å². The molecule has 0 atom stereocenters. The van der Waals surface area contributed by atoms with Crippen LogP contribution in [0.1, 0.15) is 54.2 Å². The third kappa shape index (κ3) is 5.80. The van der Waals surface area contributed by atoms with E-state index in [1.807, 2.05) is 48.5 Å². The van der Waals surface area contributed by atoms with Crippen molar-refractivity contribution >= 4 is 29.0 Å². The van der Waals surface area contributed by atoms with Crippen molar-refractivity contribution in [2.45, 2.75) is 39.0 Å².